The van der Waals surface area contributed by atoms with Gasteiger partial charge in [0.2, 0.25) is 0 Å². The highest BCUT2D eigenvalue weighted by atomic mass is 16.5. The van der Waals surface area contributed by atoms with Crippen LogP contribution in [0, 0.1) is 5.92 Å². The predicted molar refractivity (Wildman–Crippen MR) is 68.6 cm³/mol. The Morgan fingerprint density at radius 3 is 2.76 bits per heavy atom. The minimum Gasteiger partial charge on any atom is -0.487 e. The molecule has 0 N–H and O–H groups in total. The zero-order valence-corrected chi connectivity index (χ0v) is 11.0. The van der Waals surface area contributed by atoms with Crippen LogP contribution < -0.4 is 4.74 Å². The molecule has 0 aromatic heterocycles. The van der Waals surface area contributed by atoms with Crippen molar-refractivity contribution in [3.05, 3.63) is 29.3 Å². The van der Waals surface area contributed by atoms with Crippen LogP contribution in [0.25, 0.3) is 0 Å². The summed E-state index contributed by atoms with van der Waals surface area (Å²) in [6, 6.07) is 5.80. The molecule has 0 bridgehead atoms. The van der Waals surface area contributed by atoms with Gasteiger partial charge in [-0.15, -0.1) is 0 Å². The van der Waals surface area contributed by atoms with E-state index in [1.165, 1.54) is 0 Å². The van der Waals surface area contributed by atoms with E-state index < -0.39 is 0 Å². The molecule has 0 saturated carbocycles. The summed E-state index contributed by atoms with van der Waals surface area (Å²) in [5.74, 6) is 1.56. The van der Waals surface area contributed by atoms with E-state index in [2.05, 4.69) is 27.7 Å². The molecule has 0 aliphatic carbocycles. The van der Waals surface area contributed by atoms with Gasteiger partial charge >= 0.3 is 0 Å². The second-order valence-electron chi connectivity index (χ2n) is 5.88. The van der Waals surface area contributed by atoms with Gasteiger partial charge in [0.25, 0.3) is 0 Å². The molecular formula is C15H20O2. The third kappa shape index (κ3) is 2.68. The van der Waals surface area contributed by atoms with Crippen molar-refractivity contribution in [3.8, 4) is 5.75 Å². The SMILES string of the molecule is CC(C)CC(=O)c1ccc2c(c1)CC(C)(C)O2. The smallest absolute Gasteiger partial charge is 0.163 e. The predicted octanol–water partition coefficient (Wildman–Crippen LogP) is 3.63. The molecule has 1 aliphatic rings. The lowest BCUT2D eigenvalue weighted by atomic mass is 9.96. The van der Waals surface area contributed by atoms with Crippen molar-refractivity contribution in [2.45, 2.75) is 46.1 Å². The molecule has 0 atom stereocenters. The maximum atomic E-state index is 12.0. The van der Waals surface area contributed by atoms with Crippen molar-refractivity contribution in [1.29, 1.82) is 0 Å². The van der Waals surface area contributed by atoms with Crippen LogP contribution >= 0.6 is 0 Å². The zero-order chi connectivity index (χ0) is 12.6. The number of benzene rings is 1. The molecular weight excluding hydrogens is 212 g/mol. The summed E-state index contributed by atoms with van der Waals surface area (Å²) in [6.07, 6.45) is 1.49. The van der Waals surface area contributed by atoms with Crippen molar-refractivity contribution in [3.63, 3.8) is 0 Å². The molecule has 0 spiro atoms. The van der Waals surface area contributed by atoms with E-state index in [0.29, 0.717) is 12.3 Å². The Kier molecular flexibility index (Phi) is 2.98. The highest BCUT2D eigenvalue weighted by molar-refractivity contribution is 5.96. The lowest BCUT2D eigenvalue weighted by Gasteiger charge is -2.16. The molecule has 0 saturated heterocycles. The fourth-order valence-corrected chi connectivity index (χ4v) is 2.27. The van der Waals surface area contributed by atoms with Gasteiger partial charge in [0.15, 0.2) is 5.78 Å². The number of carbonyl (C=O) groups is 1. The Hall–Kier alpha value is -1.31. The molecule has 2 heteroatoms. The minimum atomic E-state index is -0.137. The second-order valence-corrected chi connectivity index (χ2v) is 5.88. The Balaban J connectivity index is 2.22. The minimum absolute atomic E-state index is 0.137. The molecule has 1 aromatic carbocycles. The van der Waals surface area contributed by atoms with E-state index in [4.69, 9.17) is 4.74 Å². The fourth-order valence-electron chi connectivity index (χ4n) is 2.27. The number of fused-ring (bicyclic) bond motifs is 1. The number of carbonyl (C=O) groups excluding carboxylic acids is 1. The highest BCUT2D eigenvalue weighted by Crippen LogP contribution is 2.35. The van der Waals surface area contributed by atoms with Crippen molar-refractivity contribution < 1.29 is 9.53 Å². The molecule has 0 amide bonds. The van der Waals surface area contributed by atoms with Crippen LogP contribution in [-0.2, 0) is 6.42 Å². The first-order valence-electron chi connectivity index (χ1n) is 6.22. The van der Waals surface area contributed by atoms with Gasteiger partial charge < -0.3 is 4.74 Å². The number of Topliss-reactive ketones (excluding diaryl/α,β-unsaturated/α-hetero) is 1. The van der Waals surface area contributed by atoms with Crippen LogP contribution in [0.15, 0.2) is 18.2 Å². The van der Waals surface area contributed by atoms with Crippen LogP contribution in [-0.4, -0.2) is 11.4 Å². The van der Waals surface area contributed by atoms with Crippen molar-refractivity contribution in [1.82, 2.24) is 0 Å². The molecule has 1 aliphatic heterocycles. The van der Waals surface area contributed by atoms with Crippen LogP contribution in [0.5, 0.6) is 5.75 Å². The Morgan fingerprint density at radius 1 is 1.41 bits per heavy atom. The molecule has 1 aromatic rings. The van der Waals surface area contributed by atoms with Gasteiger partial charge in [-0.3, -0.25) is 4.79 Å². The monoisotopic (exact) mass is 232 g/mol. The average Bonchev–Trinajstić information content (AvgIpc) is 2.48. The van der Waals surface area contributed by atoms with Gasteiger partial charge in [-0.25, -0.2) is 0 Å². The van der Waals surface area contributed by atoms with Crippen LogP contribution in [0.1, 0.15) is 50.0 Å². The number of hydrogen-bond donors (Lipinski definition) is 0. The first-order valence-corrected chi connectivity index (χ1v) is 6.22. The summed E-state index contributed by atoms with van der Waals surface area (Å²) in [4.78, 5) is 12.0. The normalized spacial score (nSPS) is 16.8. The lowest BCUT2D eigenvalue weighted by Crippen LogP contribution is -2.24. The van der Waals surface area contributed by atoms with E-state index in [-0.39, 0.29) is 11.4 Å². The maximum absolute atomic E-state index is 12.0. The van der Waals surface area contributed by atoms with E-state index >= 15 is 0 Å². The van der Waals surface area contributed by atoms with Gasteiger partial charge in [0, 0.05) is 18.4 Å². The largest absolute Gasteiger partial charge is 0.487 e. The number of ketones is 1. The van der Waals surface area contributed by atoms with Crippen molar-refractivity contribution in [2.75, 3.05) is 0 Å². The third-order valence-corrected chi connectivity index (χ3v) is 2.98. The van der Waals surface area contributed by atoms with Gasteiger partial charge in [-0.2, -0.15) is 0 Å². The van der Waals surface area contributed by atoms with E-state index in [0.717, 1.165) is 23.3 Å². The van der Waals surface area contributed by atoms with E-state index in [1.54, 1.807) is 0 Å². The fraction of sp³-hybridized carbons (Fsp3) is 0.533. The molecule has 92 valence electrons. The Morgan fingerprint density at radius 2 is 2.12 bits per heavy atom. The quantitative estimate of drug-likeness (QED) is 0.744. The summed E-state index contributed by atoms with van der Waals surface area (Å²) in [6.45, 7) is 8.28. The van der Waals surface area contributed by atoms with Crippen molar-refractivity contribution in [2.24, 2.45) is 5.92 Å². The van der Waals surface area contributed by atoms with E-state index in [9.17, 15) is 4.79 Å². The van der Waals surface area contributed by atoms with Crippen LogP contribution in [0.2, 0.25) is 0 Å². The zero-order valence-electron chi connectivity index (χ0n) is 11.0. The third-order valence-electron chi connectivity index (χ3n) is 2.98. The Bertz CT molecular complexity index is 444. The van der Waals surface area contributed by atoms with Crippen molar-refractivity contribution >= 4 is 5.78 Å². The average molecular weight is 232 g/mol. The number of ether oxygens (including phenoxy) is 1. The summed E-state index contributed by atoms with van der Waals surface area (Å²) < 4.78 is 5.80. The molecule has 1 heterocycles. The first kappa shape index (κ1) is 12.2. The highest BCUT2D eigenvalue weighted by Gasteiger charge is 2.30. The summed E-state index contributed by atoms with van der Waals surface area (Å²) in [7, 11) is 0. The van der Waals surface area contributed by atoms with Gasteiger partial charge in [-0.05, 0) is 43.5 Å². The molecule has 17 heavy (non-hydrogen) atoms. The number of hydrogen-bond acceptors (Lipinski definition) is 2. The summed E-state index contributed by atoms with van der Waals surface area (Å²) in [5.41, 5.74) is 1.84. The molecule has 2 rings (SSSR count). The molecule has 2 nitrogen and oxygen atoms in total. The van der Waals surface area contributed by atoms with Gasteiger partial charge in [0.1, 0.15) is 11.4 Å². The topological polar surface area (TPSA) is 26.3 Å². The van der Waals surface area contributed by atoms with Gasteiger partial charge in [0.05, 0.1) is 0 Å². The summed E-state index contributed by atoms with van der Waals surface area (Å²) in [5, 5.41) is 0. The molecule has 0 radical (unpaired) electrons. The first-order chi connectivity index (χ1) is 7.87. The van der Waals surface area contributed by atoms with Crippen LogP contribution in [0.4, 0.5) is 0 Å². The lowest BCUT2D eigenvalue weighted by molar-refractivity contribution is 0.0968. The maximum Gasteiger partial charge on any atom is 0.163 e. The second kappa shape index (κ2) is 4.17. The van der Waals surface area contributed by atoms with Gasteiger partial charge in [-0.1, -0.05) is 13.8 Å². The molecule has 0 unspecified atom stereocenters. The Labute approximate surface area is 103 Å². The summed E-state index contributed by atoms with van der Waals surface area (Å²) >= 11 is 0. The standard InChI is InChI=1S/C15H20O2/c1-10(2)7-13(16)11-5-6-14-12(8-11)9-15(3,4)17-14/h5-6,8,10H,7,9H2,1-4H3. The van der Waals surface area contributed by atoms with Crippen LogP contribution in [0.3, 0.4) is 0 Å². The van der Waals surface area contributed by atoms with E-state index in [1.807, 2.05) is 18.2 Å². The molecule has 0 fully saturated rings. The number of rotatable bonds is 3.